The summed E-state index contributed by atoms with van der Waals surface area (Å²) in [5.74, 6) is 2.50. The second kappa shape index (κ2) is 7.65. The molecule has 3 N–H and O–H groups in total. The van der Waals surface area contributed by atoms with Gasteiger partial charge in [0.1, 0.15) is 17.7 Å². The molecule has 0 amide bonds. The molecule has 6 nitrogen and oxygen atoms in total. The van der Waals surface area contributed by atoms with Crippen LogP contribution in [0.3, 0.4) is 0 Å². The Morgan fingerprint density at radius 3 is 2.53 bits per heavy atom. The van der Waals surface area contributed by atoms with E-state index in [4.69, 9.17) is 14.2 Å². The predicted molar refractivity (Wildman–Crippen MR) is 113 cm³/mol. The van der Waals surface area contributed by atoms with Gasteiger partial charge in [0.15, 0.2) is 11.5 Å². The van der Waals surface area contributed by atoms with Crippen LogP contribution >= 0.6 is 0 Å². The Labute approximate surface area is 174 Å². The van der Waals surface area contributed by atoms with Crippen LogP contribution in [0.25, 0.3) is 5.70 Å². The van der Waals surface area contributed by atoms with Gasteiger partial charge >= 0.3 is 0 Å². The summed E-state index contributed by atoms with van der Waals surface area (Å²) < 4.78 is 16.6. The molecule has 0 saturated heterocycles. The van der Waals surface area contributed by atoms with Crippen molar-refractivity contribution >= 4 is 5.70 Å². The highest BCUT2D eigenvalue weighted by atomic mass is 16.7. The Morgan fingerprint density at radius 1 is 0.933 bits per heavy atom. The Hall–Kier alpha value is -3.64. The zero-order chi connectivity index (χ0) is 20.5. The van der Waals surface area contributed by atoms with Gasteiger partial charge in [0.25, 0.3) is 0 Å². The van der Waals surface area contributed by atoms with Crippen LogP contribution in [0, 0.1) is 0 Å². The van der Waals surface area contributed by atoms with Crippen molar-refractivity contribution in [2.75, 3.05) is 13.9 Å². The normalized spacial score (nSPS) is 19.7. The average molecular weight is 402 g/mol. The monoisotopic (exact) mass is 402 g/mol. The van der Waals surface area contributed by atoms with Gasteiger partial charge in [-0.3, -0.25) is 5.32 Å². The first-order valence-electron chi connectivity index (χ1n) is 9.78. The van der Waals surface area contributed by atoms with E-state index in [-0.39, 0.29) is 24.8 Å². The standard InChI is InChI=1S/C24H22N2O4/c1-28-21-9-5-3-7-17(21)24-25-18(15-10-11-22-23(12-15)30-14-29-22)13-19(26-24)16-6-2-4-8-20(16)27/h2-13,19,24-27H,14H2,1H3. The highest BCUT2D eigenvalue weighted by Gasteiger charge is 2.28. The van der Waals surface area contributed by atoms with Crippen LogP contribution in [0.5, 0.6) is 23.0 Å². The number of ether oxygens (including phenoxy) is 3. The second-order valence-electron chi connectivity index (χ2n) is 7.17. The van der Waals surface area contributed by atoms with E-state index in [1.165, 1.54) is 0 Å². The first kappa shape index (κ1) is 18.4. The third-order valence-electron chi connectivity index (χ3n) is 5.38. The summed E-state index contributed by atoms with van der Waals surface area (Å²) in [4.78, 5) is 0. The minimum absolute atomic E-state index is 0.206. The number of hydrogen-bond donors (Lipinski definition) is 3. The number of nitrogens with one attached hydrogen (secondary N) is 2. The second-order valence-corrected chi connectivity index (χ2v) is 7.17. The minimum Gasteiger partial charge on any atom is -0.508 e. The molecule has 6 heteroatoms. The van der Waals surface area contributed by atoms with Crippen molar-refractivity contribution in [3.8, 4) is 23.0 Å². The SMILES string of the molecule is COc1ccccc1C1NC(c2ccc3c(c2)OCO3)=CC(c2ccccc2O)N1. The molecule has 0 aliphatic carbocycles. The van der Waals surface area contributed by atoms with Gasteiger partial charge in [0, 0.05) is 22.4 Å². The molecular weight excluding hydrogens is 380 g/mol. The fourth-order valence-electron chi connectivity index (χ4n) is 3.89. The molecule has 0 bridgehead atoms. The quantitative estimate of drug-likeness (QED) is 0.610. The zero-order valence-electron chi connectivity index (χ0n) is 16.5. The lowest BCUT2D eigenvalue weighted by molar-refractivity contribution is 0.174. The molecule has 30 heavy (non-hydrogen) atoms. The van der Waals surface area contributed by atoms with Crippen molar-refractivity contribution in [2.24, 2.45) is 0 Å². The van der Waals surface area contributed by atoms with Gasteiger partial charge in [0.2, 0.25) is 6.79 Å². The Morgan fingerprint density at radius 2 is 1.70 bits per heavy atom. The summed E-state index contributed by atoms with van der Waals surface area (Å²) in [6, 6.07) is 20.9. The maximum absolute atomic E-state index is 10.5. The largest absolute Gasteiger partial charge is 0.508 e. The van der Waals surface area contributed by atoms with Crippen molar-refractivity contribution in [3.05, 3.63) is 89.5 Å². The number of phenols is 1. The van der Waals surface area contributed by atoms with Crippen LogP contribution in [-0.2, 0) is 0 Å². The summed E-state index contributed by atoms with van der Waals surface area (Å²) in [6.45, 7) is 0.233. The van der Waals surface area contributed by atoms with Crippen LogP contribution in [0.4, 0.5) is 0 Å². The summed E-state index contributed by atoms with van der Waals surface area (Å²) in [5.41, 5.74) is 3.68. The molecule has 0 saturated carbocycles. The highest BCUT2D eigenvalue weighted by Crippen LogP contribution is 2.38. The fourth-order valence-corrected chi connectivity index (χ4v) is 3.89. The number of phenolic OH excluding ortho intramolecular Hbond substituents is 1. The smallest absolute Gasteiger partial charge is 0.231 e. The van der Waals surface area contributed by atoms with Gasteiger partial charge < -0.3 is 24.6 Å². The Balaban J connectivity index is 1.58. The number of para-hydroxylation sites is 2. The van der Waals surface area contributed by atoms with E-state index >= 15 is 0 Å². The molecule has 2 atom stereocenters. The summed E-state index contributed by atoms with van der Waals surface area (Å²) in [7, 11) is 1.66. The minimum atomic E-state index is -0.226. The van der Waals surface area contributed by atoms with E-state index in [0.717, 1.165) is 39.6 Å². The number of rotatable bonds is 4. The fraction of sp³-hybridized carbons (Fsp3) is 0.167. The molecule has 5 rings (SSSR count). The molecule has 2 heterocycles. The van der Waals surface area contributed by atoms with Crippen LogP contribution in [0.1, 0.15) is 28.9 Å². The van der Waals surface area contributed by atoms with Crippen molar-refractivity contribution < 1.29 is 19.3 Å². The Kier molecular flexibility index (Phi) is 4.69. The topological polar surface area (TPSA) is 72.0 Å². The van der Waals surface area contributed by atoms with Crippen LogP contribution in [0.2, 0.25) is 0 Å². The van der Waals surface area contributed by atoms with Crippen molar-refractivity contribution in [2.45, 2.75) is 12.2 Å². The lowest BCUT2D eigenvalue weighted by atomic mass is 9.97. The maximum atomic E-state index is 10.5. The van der Waals surface area contributed by atoms with Gasteiger partial charge in [-0.25, -0.2) is 0 Å². The maximum Gasteiger partial charge on any atom is 0.231 e. The predicted octanol–water partition coefficient (Wildman–Crippen LogP) is 4.10. The van der Waals surface area contributed by atoms with Crippen LogP contribution < -0.4 is 24.8 Å². The van der Waals surface area contributed by atoms with Gasteiger partial charge in [-0.15, -0.1) is 0 Å². The van der Waals surface area contributed by atoms with Gasteiger partial charge in [-0.1, -0.05) is 36.4 Å². The zero-order valence-corrected chi connectivity index (χ0v) is 16.5. The van der Waals surface area contributed by atoms with E-state index in [2.05, 4.69) is 16.7 Å². The Bertz CT molecular complexity index is 1110. The first-order valence-corrected chi connectivity index (χ1v) is 9.78. The van der Waals surface area contributed by atoms with Crippen molar-refractivity contribution in [1.82, 2.24) is 10.6 Å². The van der Waals surface area contributed by atoms with Crippen molar-refractivity contribution in [3.63, 3.8) is 0 Å². The summed E-state index contributed by atoms with van der Waals surface area (Å²) in [6.07, 6.45) is 1.84. The molecule has 2 aliphatic heterocycles. The molecule has 0 radical (unpaired) electrons. The molecule has 0 spiro atoms. The summed E-state index contributed by atoms with van der Waals surface area (Å²) >= 11 is 0. The average Bonchev–Trinajstić information content (AvgIpc) is 3.27. The molecular formula is C24H22N2O4. The van der Waals surface area contributed by atoms with Gasteiger partial charge in [-0.2, -0.15) is 0 Å². The first-order chi connectivity index (χ1) is 14.7. The van der Waals surface area contributed by atoms with Gasteiger partial charge in [-0.05, 0) is 36.4 Å². The van der Waals surface area contributed by atoms with Crippen molar-refractivity contribution in [1.29, 1.82) is 0 Å². The molecule has 2 aliphatic rings. The van der Waals surface area contributed by atoms with E-state index in [9.17, 15) is 5.11 Å². The lowest BCUT2D eigenvalue weighted by Crippen LogP contribution is -2.39. The molecule has 2 unspecified atom stereocenters. The molecule has 0 aromatic heterocycles. The third kappa shape index (κ3) is 3.31. The highest BCUT2D eigenvalue weighted by molar-refractivity contribution is 5.69. The molecule has 3 aromatic carbocycles. The number of benzene rings is 3. The van der Waals surface area contributed by atoms with E-state index in [1.807, 2.05) is 60.7 Å². The number of methoxy groups -OCH3 is 1. The molecule has 152 valence electrons. The van der Waals surface area contributed by atoms with Gasteiger partial charge in [0.05, 0.1) is 13.2 Å². The lowest BCUT2D eigenvalue weighted by Gasteiger charge is -2.34. The molecule has 3 aromatic rings. The van der Waals surface area contributed by atoms with E-state index in [0.29, 0.717) is 0 Å². The van der Waals surface area contributed by atoms with Crippen LogP contribution in [0.15, 0.2) is 72.8 Å². The summed E-state index contributed by atoms with van der Waals surface area (Å²) in [5, 5.41) is 17.6. The number of aromatic hydroxyl groups is 1. The van der Waals surface area contributed by atoms with Crippen LogP contribution in [-0.4, -0.2) is 19.0 Å². The van der Waals surface area contributed by atoms with E-state index in [1.54, 1.807) is 13.2 Å². The third-order valence-corrected chi connectivity index (χ3v) is 5.38. The molecule has 0 fully saturated rings. The van der Waals surface area contributed by atoms with E-state index < -0.39 is 0 Å². The number of hydrogen-bond acceptors (Lipinski definition) is 6. The number of fused-ring (bicyclic) bond motifs is 1.